The number of allylic oxidation sites excluding steroid dienone is 7. The van der Waals surface area contributed by atoms with Crippen LogP contribution in [0.2, 0.25) is 0 Å². The SMILES string of the molecule is CC.CC.CC1(C)c2cc(C/C=C\C=C(/N)c3ccc4c(c3)CCC=C4)ccc2-c2ccc(C3=CC=C(COc4ccccc4N)CC3)cc21. The second-order valence-electron chi connectivity index (χ2n) is 13.2. The number of rotatable bonds is 8. The number of nitrogen functional groups attached to an aromatic ring is 1. The molecular weight excluding hydrogens is 609 g/mol. The highest BCUT2D eigenvalue weighted by Crippen LogP contribution is 2.50. The quantitative estimate of drug-likeness (QED) is 0.146. The van der Waals surface area contributed by atoms with Crippen molar-refractivity contribution in [2.75, 3.05) is 12.3 Å². The van der Waals surface area contributed by atoms with Crippen LogP contribution in [0.25, 0.3) is 28.5 Å². The topological polar surface area (TPSA) is 61.3 Å². The Morgan fingerprint density at radius 1 is 0.820 bits per heavy atom. The monoisotopic (exact) mass is 662 g/mol. The van der Waals surface area contributed by atoms with Crippen LogP contribution in [0.1, 0.15) is 99.7 Å². The number of ether oxygens (including phenoxy) is 1. The van der Waals surface area contributed by atoms with Crippen LogP contribution in [0, 0.1) is 0 Å². The third-order valence-corrected chi connectivity index (χ3v) is 9.80. The second kappa shape index (κ2) is 16.6. The van der Waals surface area contributed by atoms with Crippen molar-refractivity contribution < 1.29 is 4.74 Å². The number of fused-ring (bicyclic) bond motifs is 4. The van der Waals surface area contributed by atoms with E-state index in [1.807, 2.05) is 58.0 Å². The summed E-state index contributed by atoms with van der Waals surface area (Å²) in [6.07, 6.45) is 20.3. The van der Waals surface area contributed by atoms with Crippen molar-refractivity contribution in [1.82, 2.24) is 0 Å². The number of hydrogen-bond donors (Lipinski definition) is 2. The van der Waals surface area contributed by atoms with Gasteiger partial charge in [-0.3, -0.25) is 0 Å². The highest BCUT2D eigenvalue weighted by molar-refractivity contribution is 5.83. The maximum atomic E-state index is 6.45. The van der Waals surface area contributed by atoms with Crippen molar-refractivity contribution in [1.29, 1.82) is 0 Å². The summed E-state index contributed by atoms with van der Waals surface area (Å²) in [4.78, 5) is 0. The summed E-state index contributed by atoms with van der Waals surface area (Å²) < 4.78 is 5.99. The molecule has 3 heteroatoms. The molecule has 4 aromatic rings. The number of hydrogen-bond acceptors (Lipinski definition) is 3. The minimum absolute atomic E-state index is 0.0634. The van der Waals surface area contributed by atoms with E-state index in [9.17, 15) is 0 Å². The molecule has 3 nitrogen and oxygen atoms in total. The lowest BCUT2D eigenvalue weighted by Gasteiger charge is -2.23. The molecule has 0 saturated heterocycles. The second-order valence-corrected chi connectivity index (χ2v) is 13.2. The molecule has 0 bridgehead atoms. The third kappa shape index (κ3) is 7.89. The number of nitrogens with two attached hydrogens (primary N) is 2. The normalized spacial score (nSPS) is 15.4. The number of aryl methyl sites for hydroxylation is 1. The van der Waals surface area contributed by atoms with Gasteiger partial charge in [0, 0.05) is 11.1 Å². The van der Waals surface area contributed by atoms with Crippen molar-refractivity contribution in [3.8, 4) is 16.9 Å². The zero-order valence-electron chi connectivity index (χ0n) is 30.9. The largest absolute Gasteiger partial charge is 0.487 e. The molecule has 0 fully saturated rings. The fourth-order valence-electron chi connectivity index (χ4n) is 7.02. The van der Waals surface area contributed by atoms with Crippen LogP contribution in [0.4, 0.5) is 5.69 Å². The molecule has 0 amide bonds. The first-order valence-electron chi connectivity index (χ1n) is 18.4. The average molecular weight is 663 g/mol. The summed E-state index contributed by atoms with van der Waals surface area (Å²) in [5.41, 5.74) is 28.5. The average Bonchev–Trinajstić information content (AvgIpc) is 3.39. The van der Waals surface area contributed by atoms with Gasteiger partial charge in [0.1, 0.15) is 12.4 Å². The summed E-state index contributed by atoms with van der Waals surface area (Å²) >= 11 is 0. The smallest absolute Gasteiger partial charge is 0.142 e. The van der Waals surface area contributed by atoms with E-state index in [4.69, 9.17) is 16.2 Å². The van der Waals surface area contributed by atoms with Gasteiger partial charge in [0.05, 0.1) is 5.69 Å². The van der Waals surface area contributed by atoms with Crippen LogP contribution >= 0.6 is 0 Å². The van der Waals surface area contributed by atoms with E-state index in [0.717, 1.165) is 49.1 Å². The van der Waals surface area contributed by atoms with Gasteiger partial charge in [0.25, 0.3) is 0 Å². The molecule has 4 aromatic carbocycles. The summed E-state index contributed by atoms with van der Waals surface area (Å²) in [6.45, 7) is 13.3. The van der Waals surface area contributed by atoms with E-state index in [0.29, 0.717) is 12.3 Å². The molecule has 50 heavy (non-hydrogen) atoms. The molecule has 0 spiro atoms. The van der Waals surface area contributed by atoms with Gasteiger partial charge in [-0.15, -0.1) is 0 Å². The van der Waals surface area contributed by atoms with Crippen molar-refractivity contribution in [3.05, 3.63) is 160 Å². The maximum absolute atomic E-state index is 6.45. The zero-order valence-corrected chi connectivity index (χ0v) is 30.9. The molecule has 0 heterocycles. The molecule has 3 aliphatic carbocycles. The Morgan fingerprint density at radius 3 is 2.34 bits per heavy atom. The van der Waals surface area contributed by atoms with Gasteiger partial charge < -0.3 is 16.2 Å². The molecule has 258 valence electrons. The molecule has 0 saturated carbocycles. The fourth-order valence-corrected chi connectivity index (χ4v) is 7.02. The minimum Gasteiger partial charge on any atom is -0.487 e. The van der Waals surface area contributed by atoms with E-state index >= 15 is 0 Å². The summed E-state index contributed by atoms with van der Waals surface area (Å²) in [6, 6.07) is 28.2. The molecular formula is C47H54N2O. The highest BCUT2D eigenvalue weighted by atomic mass is 16.5. The minimum atomic E-state index is -0.0634. The van der Waals surface area contributed by atoms with Crippen molar-refractivity contribution in [3.63, 3.8) is 0 Å². The third-order valence-electron chi connectivity index (χ3n) is 9.80. The van der Waals surface area contributed by atoms with E-state index in [2.05, 4.69) is 105 Å². The first-order chi connectivity index (χ1) is 24.4. The Bertz CT molecular complexity index is 1970. The lowest BCUT2D eigenvalue weighted by atomic mass is 9.80. The van der Waals surface area contributed by atoms with E-state index in [1.165, 1.54) is 55.7 Å². The Morgan fingerprint density at radius 2 is 1.58 bits per heavy atom. The molecule has 0 aliphatic heterocycles. The van der Waals surface area contributed by atoms with Gasteiger partial charge in [-0.25, -0.2) is 0 Å². The van der Waals surface area contributed by atoms with Crippen molar-refractivity contribution in [2.24, 2.45) is 5.73 Å². The molecule has 0 atom stereocenters. The predicted molar refractivity (Wildman–Crippen MR) is 217 cm³/mol. The summed E-state index contributed by atoms with van der Waals surface area (Å²) in [5, 5.41) is 0. The molecule has 3 aliphatic rings. The van der Waals surface area contributed by atoms with Crippen molar-refractivity contribution in [2.45, 2.75) is 79.1 Å². The molecule has 0 radical (unpaired) electrons. The van der Waals surface area contributed by atoms with Crippen LogP contribution in [-0.2, 0) is 18.3 Å². The first kappa shape index (κ1) is 36.3. The Balaban J connectivity index is 0.00000117. The lowest BCUT2D eigenvalue weighted by molar-refractivity contribution is 0.349. The summed E-state index contributed by atoms with van der Waals surface area (Å²) in [5.74, 6) is 0.748. The molecule has 7 rings (SSSR count). The number of anilines is 1. The van der Waals surface area contributed by atoms with Gasteiger partial charge >= 0.3 is 0 Å². The van der Waals surface area contributed by atoms with Crippen LogP contribution in [0.5, 0.6) is 5.75 Å². The zero-order chi connectivity index (χ0) is 35.7. The summed E-state index contributed by atoms with van der Waals surface area (Å²) in [7, 11) is 0. The number of para-hydroxylation sites is 2. The Kier molecular flexibility index (Phi) is 12.0. The van der Waals surface area contributed by atoms with Crippen LogP contribution in [0.15, 0.2) is 121 Å². The van der Waals surface area contributed by atoms with E-state index in [-0.39, 0.29) is 5.41 Å². The van der Waals surface area contributed by atoms with Crippen LogP contribution in [0.3, 0.4) is 0 Å². The molecule has 0 unspecified atom stereocenters. The molecule has 4 N–H and O–H groups in total. The van der Waals surface area contributed by atoms with Gasteiger partial charge in [-0.2, -0.15) is 0 Å². The Labute approximate surface area is 300 Å². The predicted octanol–water partition coefficient (Wildman–Crippen LogP) is 11.9. The fraction of sp³-hybridized carbons (Fsp3) is 0.277. The van der Waals surface area contributed by atoms with Crippen LogP contribution < -0.4 is 16.2 Å². The van der Waals surface area contributed by atoms with Gasteiger partial charge in [0.15, 0.2) is 0 Å². The van der Waals surface area contributed by atoms with E-state index < -0.39 is 0 Å². The Hall–Kier alpha value is -5.02. The van der Waals surface area contributed by atoms with Gasteiger partial charge in [-0.1, -0.05) is 133 Å². The van der Waals surface area contributed by atoms with Gasteiger partial charge in [0.2, 0.25) is 0 Å². The highest BCUT2D eigenvalue weighted by Gasteiger charge is 2.35. The van der Waals surface area contributed by atoms with Crippen molar-refractivity contribution >= 4 is 23.0 Å². The molecule has 0 aromatic heterocycles. The number of benzene rings is 4. The van der Waals surface area contributed by atoms with E-state index in [1.54, 1.807) is 0 Å². The van der Waals surface area contributed by atoms with Gasteiger partial charge in [-0.05, 0) is 124 Å². The maximum Gasteiger partial charge on any atom is 0.142 e. The first-order valence-corrected chi connectivity index (χ1v) is 18.4. The lowest BCUT2D eigenvalue weighted by Crippen LogP contribution is -2.15. The standard InChI is InChI=1S/C43H42N2O.2C2H6/c1-43(2)38-25-29(9-3-6-12-40(44)35-21-20-31-10-4-5-11-33(31)26-35)17-23-36(38)37-24-22-34(27-39(37)43)32-18-15-30(16-19-32)28-46-42-14-8-7-13-41(42)45;2*1-2/h3-4,6-8,10,12-15,17-18,20-27H,5,9,11,16,19,28,44-45H2,1-2H3;2*1-2H3/b6-3-,40-12-;;. The van der Waals surface area contributed by atoms with Crippen LogP contribution in [-0.4, -0.2) is 6.61 Å².